The van der Waals surface area contributed by atoms with E-state index in [9.17, 15) is 4.79 Å². The van der Waals surface area contributed by atoms with Crippen molar-refractivity contribution in [3.05, 3.63) is 101 Å². The lowest BCUT2D eigenvalue weighted by Crippen LogP contribution is -2.29. The summed E-state index contributed by atoms with van der Waals surface area (Å²) in [5.74, 6) is 1.29. The van der Waals surface area contributed by atoms with Crippen molar-refractivity contribution in [2.24, 2.45) is 0 Å². The molecule has 4 rings (SSSR count). The first-order valence-electron chi connectivity index (χ1n) is 10.8. The van der Waals surface area contributed by atoms with Crippen LogP contribution in [0.1, 0.15) is 65.6 Å². The summed E-state index contributed by atoms with van der Waals surface area (Å²) in [7, 11) is 0. The van der Waals surface area contributed by atoms with E-state index in [-0.39, 0.29) is 11.9 Å². The summed E-state index contributed by atoms with van der Waals surface area (Å²) in [4.78, 5) is 17.8. The topological polar surface area (TPSA) is 46.9 Å². The van der Waals surface area contributed by atoms with Crippen molar-refractivity contribution in [3.63, 3.8) is 0 Å². The Kier molecular flexibility index (Phi) is 5.90. The molecule has 1 N–H and O–H groups in total. The molecule has 4 aromatic rings. The van der Waals surface area contributed by atoms with Gasteiger partial charge in [-0.15, -0.1) is 0 Å². The summed E-state index contributed by atoms with van der Waals surface area (Å²) >= 11 is 0. The van der Waals surface area contributed by atoms with Crippen molar-refractivity contribution in [2.45, 2.75) is 46.2 Å². The van der Waals surface area contributed by atoms with Crippen LogP contribution >= 0.6 is 0 Å². The summed E-state index contributed by atoms with van der Waals surface area (Å²) in [5, 5.41) is 3.14. The number of rotatable bonds is 6. The van der Waals surface area contributed by atoms with Crippen LogP contribution in [0.2, 0.25) is 0 Å². The van der Waals surface area contributed by atoms with E-state index in [4.69, 9.17) is 4.98 Å². The molecular formula is C27H29N3O. The van der Waals surface area contributed by atoms with Gasteiger partial charge in [-0.3, -0.25) is 4.79 Å². The second-order valence-electron chi connectivity index (χ2n) is 8.45. The monoisotopic (exact) mass is 411 g/mol. The number of carbonyl (C=O) groups excluding carboxylic acids is 1. The van der Waals surface area contributed by atoms with Gasteiger partial charge in [-0.05, 0) is 54.7 Å². The van der Waals surface area contributed by atoms with Crippen molar-refractivity contribution in [3.8, 4) is 0 Å². The third-order valence-corrected chi connectivity index (χ3v) is 5.80. The molecule has 1 unspecified atom stereocenters. The molecule has 0 spiro atoms. The Morgan fingerprint density at radius 3 is 2.32 bits per heavy atom. The first-order chi connectivity index (χ1) is 14.9. The van der Waals surface area contributed by atoms with Crippen molar-refractivity contribution in [2.75, 3.05) is 0 Å². The molecular weight excluding hydrogens is 382 g/mol. The van der Waals surface area contributed by atoms with E-state index in [1.54, 1.807) is 0 Å². The Hall–Kier alpha value is -3.40. The van der Waals surface area contributed by atoms with E-state index >= 15 is 0 Å². The Morgan fingerprint density at radius 2 is 1.61 bits per heavy atom. The van der Waals surface area contributed by atoms with Crippen LogP contribution in [-0.4, -0.2) is 15.5 Å². The van der Waals surface area contributed by atoms with Gasteiger partial charge in [0.25, 0.3) is 5.91 Å². The smallest absolute Gasteiger partial charge is 0.252 e. The standard InChI is InChI=1S/C27H29N3O/c1-18(2)22-15-13-21(14-16-22)17-30-25-12-8-7-11-24(25)29-26(30)20(4)28-27(31)23-10-6-5-9-19(23)3/h5-16,18,20H,17H2,1-4H3,(H,28,31). The number of para-hydroxylation sites is 2. The van der Waals surface area contributed by atoms with Gasteiger partial charge in [0, 0.05) is 12.1 Å². The molecule has 0 fully saturated rings. The molecule has 0 radical (unpaired) electrons. The van der Waals surface area contributed by atoms with Gasteiger partial charge >= 0.3 is 0 Å². The third-order valence-electron chi connectivity index (χ3n) is 5.80. The number of hydrogen-bond donors (Lipinski definition) is 1. The molecule has 0 aliphatic carbocycles. The van der Waals surface area contributed by atoms with Crippen LogP contribution in [0.4, 0.5) is 0 Å². The minimum absolute atomic E-state index is 0.0782. The van der Waals surface area contributed by atoms with Gasteiger partial charge in [0.15, 0.2) is 0 Å². The molecule has 0 saturated heterocycles. The van der Waals surface area contributed by atoms with Gasteiger partial charge in [-0.2, -0.15) is 0 Å². The van der Waals surface area contributed by atoms with Gasteiger partial charge < -0.3 is 9.88 Å². The van der Waals surface area contributed by atoms with E-state index in [0.717, 1.165) is 22.4 Å². The molecule has 0 bridgehead atoms. The summed E-state index contributed by atoms with van der Waals surface area (Å²) in [6.45, 7) is 9.06. The van der Waals surface area contributed by atoms with E-state index in [0.29, 0.717) is 18.0 Å². The molecule has 1 aromatic heterocycles. The van der Waals surface area contributed by atoms with Gasteiger partial charge in [-0.25, -0.2) is 4.98 Å². The molecule has 0 aliphatic heterocycles. The molecule has 1 amide bonds. The fourth-order valence-electron chi connectivity index (χ4n) is 3.95. The van der Waals surface area contributed by atoms with Crippen molar-refractivity contribution < 1.29 is 4.79 Å². The zero-order chi connectivity index (χ0) is 22.0. The predicted molar refractivity (Wildman–Crippen MR) is 126 cm³/mol. The Labute approximate surface area is 183 Å². The maximum Gasteiger partial charge on any atom is 0.252 e. The number of nitrogens with one attached hydrogen (secondary N) is 1. The molecule has 0 saturated carbocycles. The first kappa shape index (κ1) is 20.9. The van der Waals surface area contributed by atoms with Crippen molar-refractivity contribution in [1.82, 2.24) is 14.9 Å². The minimum Gasteiger partial charge on any atom is -0.342 e. The summed E-state index contributed by atoms with van der Waals surface area (Å²) in [6.07, 6.45) is 0. The van der Waals surface area contributed by atoms with Gasteiger partial charge in [0.2, 0.25) is 0 Å². The van der Waals surface area contributed by atoms with E-state index in [1.165, 1.54) is 11.1 Å². The number of hydrogen-bond acceptors (Lipinski definition) is 2. The normalized spacial score (nSPS) is 12.3. The number of benzene rings is 3. The lowest BCUT2D eigenvalue weighted by molar-refractivity contribution is 0.0937. The predicted octanol–water partition coefficient (Wildman–Crippen LogP) is 6.01. The number of nitrogens with zero attached hydrogens (tertiary/aromatic N) is 2. The largest absolute Gasteiger partial charge is 0.342 e. The maximum absolute atomic E-state index is 12.9. The van der Waals surface area contributed by atoms with Crippen LogP contribution in [-0.2, 0) is 6.54 Å². The highest BCUT2D eigenvalue weighted by Crippen LogP contribution is 2.24. The van der Waals surface area contributed by atoms with Crippen molar-refractivity contribution in [1.29, 1.82) is 0 Å². The van der Waals surface area contributed by atoms with E-state index < -0.39 is 0 Å². The lowest BCUT2D eigenvalue weighted by atomic mass is 10.0. The molecule has 1 heterocycles. The minimum atomic E-state index is -0.227. The van der Waals surface area contributed by atoms with E-state index in [1.807, 2.05) is 56.3 Å². The average molecular weight is 412 g/mol. The Balaban J connectivity index is 1.66. The molecule has 4 nitrogen and oxygen atoms in total. The fraction of sp³-hybridized carbons (Fsp3) is 0.259. The molecule has 31 heavy (non-hydrogen) atoms. The lowest BCUT2D eigenvalue weighted by Gasteiger charge is -2.17. The molecule has 4 heteroatoms. The zero-order valence-electron chi connectivity index (χ0n) is 18.6. The highest BCUT2D eigenvalue weighted by molar-refractivity contribution is 5.95. The number of imidazole rings is 1. The van der Waals surface area contributed by atoms with Crippen molar-refractivity contribution >= 4 is 16.9 Å². The average Bonchev–Trinajstić information content (AvgIpc) is 3.13. The van der Waals surface area contributed by atoms with Crippen LogP contribution in [0.3, 0.4) is 0 Å². The molecule has 3 aromatic carbocycles. The fourth-order valence-corrected chi connectivity index (χ4v) is 3.95. The number of aryl methyl sites for hydroxylation is 1. The second kappa shape index (κ2) is 8.76. The van der Waals surface area contributed by atoms with Gasteiger partial charge in [0.1, 0.15) is 5.82 Å². The van der Waals surface area contributed by atoms with Gasteiger partial charge in [-0.1, -0.05) is 68.4 Å². The zero-order valence-corrected chi connectivity index (χ0v) is 18.6. The Bertz CT molecular complexity index is 1200. The maximum atomic E-state index is 12.9. The van der Waals surface area contributed by atoms with Crippen LogP contribution in [0.5, 0.6) is 0 Å². The van der Waals surface area contributed by atoms with Crippen LogP contribution in [0.25, 0.3) is 11.0 Å². The van der Waals surface area contributed by atoms with Crippen LogP contribution in [0, 0.1) is 6.92 Å². The summed E-state index contributed by atoms with van der Waals surface area (Å²) in [5.41, 5.74) is 6.22. The first-order valence-corrected chi connectivity index (χ1v) is 10.8. The summed E-state index contributed by atoms with van der Waals surface area (Å²) in [6, 6.07) is 24.3. The molecule has 158 valence electrons. The number of aromatic nitrogens is 2. The highest BCUT2D eigenvalue weighted by Gasteiger charge is 2.20. The number of amides is 1. The second-order valence-corrected chi connectivity index (χ2v) is 8.45. The third kappa shape index (κ3) is 4.38. The quantitative estimate of drug-likeness (QED) is 0.422. The molecule has 0 aliphatic rings. The van der Waals surface area contributed by atoms with Crippen LogP contribution < -0.4 is 5.32 Å². The molecule has 1 atom stereocenters. The Morgan fingerprint density at radius 1 is 0.935 bits per heavy atom. The highest BCUT2D eigenvalue weighted by atomic mass is 16.1. The number of carbonyl (C=O) groups is 1. The van der Waals surface area contributed by atoms with Gasteiger partial charge in [0.05, 0.1) is 17.1 Å². The number of fused-ring (bicyclic) bond motifs is 1. The van der Waals surface area contributed by atoms with E-state index in [2.05, 4.69) is 54.1 Å². The SMILES string of the molecule is Cc1ccccc1C(=O)NC(C)c1nc2ccccc2n1Cc1ccc(C(C)C)cc1. The summed E-state index contributed by atoms with van der Waals surface area (Å²) < 4.78 is 2.21. The van der Waals surface area contributed by atoms with Crippen LogP contribution in [0.15, 0.2) is 72.8 Å².